The number of rotatable bonds is 8. The van der Waals surface area contributed by atoms with Crippen LogP contribution < -0.4 is 5.32 Å². The van der Waals surface area contributed by atoms with Gasteiger partial charge in [-0.05, 0) is 25.2 Å². The van der Waals surface area contributed by atoms with E-state index in [0.717, 1.165) is 18.8 Å². The van der Waals surface area contributed by atoms with Crippen LogP contribution >= 0.6 is 0 Å². The van der Waals surface area contributed by atoms with Crippen molar-refractivity contribution in [2.24, 2.45) is 5.92 Å². The van der Waals surface area contributed by atoms with Crippen LogP contribution in [0.1, 0.15) is 71.1 Å². The number of nitrogens with one attached hydrogen (secondary N) is 1. The molecule has 1 atom stereocenters. The van der Waals surface area contributed by atoms with Crippen LogP contribution in [0, 0.1) is 5.92 Å². The second kappa shape index (κ2) is 8.94. The van der Waals surface area contributed by atoms with Crippen molar-refractivity contribution in [1.29, 1.82) is 0 Å². The summed E-state index contributed by atoms with van der Waals surface area (Å²) in [5, 5.41) is 11.5. The summed E-state index contributed by atoms with van der Waals surface area (Å²) in [6, 6.07) is -0.223. The molecule has 1 unspecified atom stereocenters. The minimum absolute atomic E-state index is 0.00362. The van der Waals surface area contributed by atoms with Crippen molar-refractivity contribution in [3.63, 3.8) is 0 Å². The molecule has 1 aliphatic rings. The van der Waals surface area contributed by atoms with Crippen LogP contribution in [0.4, 0.5) is 0 Å². The fraction of sp³-hybridized carbons (Fsp3) is 0.867. The van der Waals surface area contributed by atoms with Gasteiger partial charge in [0.05, 0.1) is 6.42 Å². The van der Waals surface area contributed by atoms with Gasteiger partial charge < -0.3 is 10.4 Å². The zero-order valence-corrected chi connectivity index (χ0v) is 12.0. The Labute approximate surface area is 116 Å². The van der Waals surface area contributed by atoms with Gasteiger partial charge >= 0.3 is 5.97 Å². The highest BCUT2D eigenvalue weighted by Crippen LogP contribution is 2.27. The van der Waals surface area contributed by atoms with Gasteiger partial charge in [0, 0.05) is 12.5 Å². The smallest absolute Gasteiger partial charge is 0.305 e. The van der Waals surface area contributed by atoms with Gasteiger partial charge in [-0.1, -0.05) is 39.0 Å². The number of hydrogen-bond donors (Lipinski definition) is 2. The van der Waals surface area contributed by atoms with Crippen molar-refractivity contribution in [1.82, 2.24) is 5.32 Å². The molecule has 19 heavy (non-hydrogen) atoms. The maximum atomic E-state index is 11.7. The molecule has 0 radical (unpaired) electrons. The van der Waals surface area contributed by atoms with Gasteiger partial charge in [-0.3, -0.25) is 9.59 Å². The van der Waals surface area contributed by atoms with E-state index in [1.807, 2.05) is 6.92 Å². The molecule has 1 saturated carbocycles. The molecule has 0 heterocycles. The van der Waals surface area contributed by atoms with E-state index in [1.165, 1.54) is 32.1 Å². The van der Waals surface area contributed by atoms with Crippen LogP contribution in [0.5, 0.6) is 0 Å². The summed E-state index contributed by atoms with van der Waals surface area (Å²) < 4.78 is 0. The molecule has 1 amide bonds. The van der Waals surface area contributed by atoms with E-state index in [2.05, 4.69) is 5.32 Å². The molecular weight excluding hydrogens is 242 g/mol. The normalized spacial score (nSPS) is 17.9. The Morgan fingerprint density at radius 3 is 2.53 bits per heavy atom. The van der Waals surface area contributed by atoms with Crippen LogP contribution in [0.15, 0.2) is 0 Å². The Kier molecular flexibility index (Phi) is 7.53. The Morgan fingerprint density at radius 2 is 1.95 bits per heavy atom. The summed E-state index contributed by atoms with van der Waals surface area (Å²) in [6.45, 7) is 1.90. The Balaban J connectivity index is 2.13. The van der Waals surface area contributed by atoms with Crippen molar-refractivity contribution in [3.05, 3.63) is 0 Å². The molecule has 0 aromatic rings. The molecule has 2 N–H and O–H groups in total. The summed E-state index contributed by atoms with van der Waals surface area (Å²) in [6.07, 6.45) is 9.98. The highest BCUT2D eigenvalue weighted by atomic mass is 16.4. The third-order valence-corrected chi connectivity index (χ3v) is 4.02. The third-order valence-electron chi connectivity index (χ3n) is 4.02. The Hall–Kier alpha value is -1.06. The molecule has 1 fully saturated rings. The molecule has 0 aromatic carbocycles. The minimum Gasteiger partial charge on any atom is -0.481 e. The maximum absolute atomic E-state index is 11.7. The van der Waals surface area contributed by atoms with Crippen molar-refractivity contribution >= 4 is 11.9 Å². The lowest BCUT2D eigenvalue weighted by molar-refractivity contribution is -0.137. The number of carboxylic acids is 1. The first-order valence-electron chi connectivity index (χ1n) is 7.63. The van der Waals surface area contributed by atoms with E-state index in [-0.39, 0.29) is 18.4 Å². The molecule has 110 valence electrons. The quantitative estimate of drug-likeness (QED) is 0.711. The minimum atomic E-state index is -0.852. The molecule has 1 aliphatic carbocycles. The lowest BCUT2D eigenvalue weighted by Gasteiger charge is -2.21. The van der Waals surface area contributed by atoms with Gasteiger partial charge in [0.15, 0.2) is 0 Å². The first kappa shape index (κ1) is 16.0. The van der Waals surface area contributed by atoms with Crippen molar-refractivity contribution in [3.8, 4) is 0 Å². The van der Waals surface area contributed by atoms with E-state index in [0.29, 0.717) is 12.8 Å². The van der Waals surface area contributed by atoms with Gasteiger partial charge in [0.1, 0.15) is 0 Å². The highest BCUT2D eigenvalue weighted by molar-refractivity contribution is 5.77. The van der Waals surface area contributed by atoms with Crippen LogP contribution in [-0.4, -0.2) is 23.0 Å². The second-order valence-electron chi connectivity index (χ2n) is 5.67. The lowest BCUT2D eigenvalue weighted by atomic mass is 9.86. The SMILES string of the molecule is CCC(CC(=O)O)NC(=O)CCCC1CCCCC1. The van der Waals surface area contributed by atoms with Gasteiger partial charge in [-0.25, -0.2) is 0 Å². The zero-order valence-electron chi connectivity index (χ0n) is 12.0. The average Bonchev–Trinajstić information content (AvgIpc) is 2.38. The lowest BCUT2D eigenvalue weighted by Crippen LogP contribution is -2.35. The molecule has 4 heteroatoms. The summed E-state index contributed by atoms with van der Waals surface area (Å²) in [5.74, 6) is -0.0409. The van der Waals surface area contributed by atoms with Gasteiger partial charge in [-0.15, -0.1) is 0 Å². The number of carbonyl (C=O) groups is 2. The van der Waals surface area contributed by atoms with Crippen LogP contribution in [-0.2, 0) is 9.59 Å². The molecule has 0 spiro atoms. The summed E-state index contributed by atoms with van der Waals surface area (Å²) in [7, 11) is 0. The topological polar surface area (TPSA) is 66.4 Å². The fourth-order valence-electron chi connectivity index (χ4n) is 2.84. The first-order chi connectivity index (χ1) is 9.11. The molecule has 0 bridgehead atoms. The van der Waals surface area contributed by atoms with Crippen LogP contribution in [0.3, 0.4) is 0 Å². The van der Waals surface area contributed by atoms with E-state index >= 15 is 0 Å². The fourth-order valence-corrected chi connectivity index (χ4v) is 2.84. The molecule has 1 rings (SSSR count). The monoisotopic (exact) mass is 269 g/mol. The summed E-state index contributed by atoms with van der Waals surface area (Å²) >= 11 is 0. The van der Waals surface area contributed by atoms with E-state index in [9.17, 15) is 9.59 Å². The number of carboxylic acid groups (broad SMARTS) is 1. The molecule has 0 aliphatic heterocycles. The predicted molar refractivity (Wildman–Crippen MR) is 74.9 cm³/mol. The standard InChI is InChI=1S/C15H27NO3/c1-2-13(11-15(18)19)16-14(17)10-6-9-12-7-4-3-5-8-12/h12-13H,2-11H2,1H3,(H,16,17)(H,18,19). The maximum Gasteiger partial charge on any atom is 0.305 e. The predicted octanol–water partition coefficient (Wildman–Crippen LogP) is 3.11. The first-order valence-corrected chi connectivity index (χ1v) is 7.63. The number of amides is 1. The number of aliphatic carboxylic acids is 1. The van der Waals surface area contributed by atoms with Crippen LogP contribution in [0.2, 0.25) is 0 Å². The van der Waals surface area contributed by atoms with Crippen LogP contribution in [0.25, 0.3) is 0 Å². The molecule has 0 aromatic heterocycles. The Morgan fingerprint density at radius 1 is 1.26 bits per heavy atom. The van der Waals surface area contributed by atoms with E-state index in [1.54, 1.807) is 0 Å². The van der Waals surface area contributed by atoms with E-state index < -0.39 is 5.97 Å². The zero-order chi connectivity index (χ0) is 14.1. The second-order valence-corrected chi connectivity index (χ2v) is 5.67. The third kappa shape index (κ3) is 7.19. The average molecular weight is 269 g/mol. The van der Waals surface area contributed by atoms with E-state index in [4.69, 9.17) is 5.11 Å². The molecular formula is C15H27NO3. The summed E-state index contributed by atoms with van der Waals surface area (Å²) in [5.41, 5.74) is 0. The van der Waals surface area contributed by atoms with Crippen molar-refractivity contribution in [2.45, 2.75) is 77.2 Å². The number of hydrogen-bond acceptors (Lipinski definition) is 2. The Bertz CT molecular complexity index is 285. The summed E-state index contributed by atoms with van der Waals surface area (Å²) in [4.78, 5) is 22.4. The van der Waals surface area contributed by atoms with Gasteiger partial charge in [0.25, 0.3) is 0 Å². The van der Waals surface area contributed by atoms with Gasteiger partial charge in [-0.2, -0.15) is 0 Å². The molecule has 4 nitrogen and oxygen atoms in total. The largest absolute Gasteiger partial charge is 0.481 e. The highest BCUT2D eigenvalue weighted by Gasteiger charge is 2.16. The van der Waals surface area contributed by atoms with Crippen molar-refractivity contribution < 1.29 is 14.7 Å². The molecule has 0 saturated heterocycles. The van der Waals surface area contributed by atoms with Gasteiger partial charge in [0.2, 0.25) is 5.91 Å². The van der Waals surface area contributed by atoms with Crippen molar-refractivity contribution in [2.75, 3.05) is 0 Å². The number of carbonyl (C=O) groups excluding carboxylic acids is 1.